The number of methoxy groups -OCH3 is 1. The monoisotopic (exact) mass is 256 g/mol. The van der Waals surface area contributed by atoms with Gasteiger partial charge in [0.25, 0.3) is 0 Å². The Labute approximate surface area is 103 Å². The molecule has 1 aliphatic rings. The molecule has 1 aliphatic heterocycles. The second-order valence-electron chi connectivity index (χ2n) is 4.73. The summed E-state index contributed by atoms with van der Waals surface area (Å²) in [6, 6.07) is 7.70. The van der Waals surface area contributed by atoms with Crippen LogP contribution in [0.1, 0.15) is 25.5 Å². The lowest BCUT2D eigenvalue weighted by molar-refractivity contribution is -0.0287. The van der Waals surface area contributed by atoms with E-state index >= 15 is 0 Å². The molecule has 0 spiro atoms. The van der Waals surface area contributed by atoms with Gasteiger partial charge in [-0.2, -0.15) is 0 Å². The predicted octanol–water partition coefficient (Wildman–Crippen LogP) is 3.03. The number of para-hydroxylation sites is 1. The van der Waals surface area contributed by atoms with Crippen molar-refractivity contribution in [2.75, 3.05) is 13.7 Å². The first-order valence-corrected chi connectivity index (χ1v) is 6.59. The molecule has 1 aromatic carbocycles. The third kappa shape index (κ3) is 2.61. The molecule has 2 rings (SSSR count). The quantitative estimate of drug-likeness (QED) is 0.826. The maximum absolute atomic E-state index is 9.52. The Balaban J connectivity index is 2.36. The molecular formula is C12H17O4P. The average molecular weight is 256 g/mol. The Bertz CT molecular complexity index is 394. The maximum Gasteiger partial charge on any atom is 0.330 e. The molecule has 0 aromatic heterocycles. The van der Waals surface area contributed by atoms with Gasteiger partial charge in [-0.25, -0.2) is 0 Å². The van der Waals surface area contributed by atoms with E-state index < -0.39 is 8.60 Å². The minimum absolute atomic E-state index is 0.198. The van der Waals surface area contributed by atoms with Crippen LogP contribution in [0.3, 0.4) is 0 Å². The molecule has 1 aromatic rings. The van der Waals surface area contributed by atoms with Crippen LogP contribution in [0.15, 0.2) is 24.3 Å². The van der Waals surface area contributed by atoms with Crippen LogP contribution in [0.4, 0.5) is 0 Å². The molecule has 1 fully saturated rings. The van der Waals surface area contributed by atoms with Crippen LogP contribution in [0, 0.1) is 5.41 Å². The minimum Gasteiger partial charge on any atom is -0.496 e. The SMILES string of the molecule is COc1ccccc1C1OP(O)OCC1(C)C. The summed E-state index contributed by atoms with van der Waals surface area (Å²) in [4.78, 5) is 9.52. The van der Waals surface area contributed by atoms with Crippen LogP contribution < -0.4 is 4.74 Å². The lowest BCUT2D eigenvalue weighted by Crippen LogP contribution is -2.32. The van der Waals surface area contributed by atoms with Crippen molar-refractivity contribution in [3.63, 3.8) is 0 Å². The summed E-state index contributed by atoms with van der Waals surface area (Å²) >= 11 is 0. The normalized spacial score (nSPS) is 27.8. The molecule has 0 saturated carbocycles. The van der Waals surface area contributed by atoms with E-state index in [0.29, 0.717) is 6.61 Å². The molecular weight excluding hydrogens is 239 g/mol. The number of rotatable bonds is 2. The molecule has 5 heteroatoms. The van der Waals surface area contributed by atoms with Gasteiger partial charge in [0.2, 0.25) is 0 Å². The van der Waals surface area contributed by atoms with Crippen molar-refractivity contribution in [3.05, 3.63) is 29.8 Å². The van der Waals surface area contributed by atoms with E-state index in [1.165, 1.54) is 0 Å². The van der Waals surface area contributed by atoms with E-state index in [9.17, 15) is 4.89 Å². The molecule has 2 unspecified atom stereocenters. The first kappa shape index (κ1) is 12.8. The zero-order valence-electron chi connectivity index (χ0n) is 10.2. The van der Waals surface area contributed by atoms with Gasteiger partial charge in [0.15, 0.2) is 0 Å². The Hall–Kier alpha value is -0.670. The molecule has 0 aliphatic carbocycles. The summed E-state index contributed by atoms with van der Waals surface area (Å²) in [6.45, 7) is 4.57. The second-order valence-corrected chi connectivity index (χ2v) is 5.67. The molecule has 17 heavy (non-hydrogen) atoms. The van der Waals surface area contributed by atoms with E-state index in [1.54, 1.807) is 7.11 Å². The summed E-state index contributed by atoms with van der Waals surface area (Å²) in [5, 5.41) is 0. The average Bonchev–Trinajstić information content (AvgIpc) is 2.32. The summed E-state index contributed by atoms with van der Waals surface area (Å²) in [6.07, 6.45) is -0.219. The topological polar surface area (TPSA) is 47.9 Å². The van der Waals surface area contributed by atoms with E-state index in [1.807, 2.05) is 38.1 Å². The standard InChI is InChI=1S/C12H17O4P/c1-12(2)8-15-17(13)16-11(12)9-6-4-5-7-10(9)14-3/h4-7,11,13H,8H2,1-3H3. The molecule has 1 N–H and O–H groups in total. The molecule has 1 saturated heterocycles. The second kappa shape index (κ2) is 4.91. The van der Waals surface area contributed by atoms with Crippen molar-refractivity contribution in [2.24, 2.45) is 5.41 Å². The third-order valence-electron chi connectivity index (χ3n) is 2.87. The molecule has 1 heterocycles. The van der Waals surface area contributed by atoms with E-state index in [0.717, 1.165) is 11.3 Å². The Morgan fingerprint density at radius 3 is 2.82 bits per heavy atom. The lowest BCUT2D eigenvalue weighted by Gasteiger charge is -2.39. The highest BCUT2D eigenvalue weighted by atomic mass is 31.2. The van der Waals surface area contributed by atoms with Gasteiger partial charge in [-0.1, -0.05) is 32.0 Å². The van der Waals surface area contributed by atoms with Gasteiger partial charge in [-0.3, -0.25) is 0 Å². The highest BCUT2D eigenvalue weighted by Crippen LogP contribution is 2.54. The number of ether oxygens (including phenoxy) is 1. The smallest absolute Gasteiger partial charge is 0.330 e. The molecule has 0 radical (unpaired) electrons. The molecule has 4 nitrogen and oxygen atoms in total. The molecule has 0 amide bonds. The van der Waals surface area contributed by atoms with Gasteiger partial charge in [-0.05, 0) is 6.07 Å². The summed E-state index contributed by atoms with van der Waals surface area (Å²) < 4.78 is 16.1. The van der Waals surface area contributed by atoms with Gasteiger partial charge < -0.3 is 18.7 Å². The van der Waals surface area contributed by atoms with Crippen LogP contribution >= 0.6 is 8.60 Å². The third-order valence-corrected chi connectivity index (χ3v) is 3.61. The molecule has 94 valence electrons. The first-order valence-electron chi connectivity index (χ1n) is 5.46. The van der Waals surface area contributed by atoms with Crippen LogP contribution in [-0.2, 0) is 9.05 Å². The van der Waals surface area contributed by atoms with Crippen molar-refractivity contribution in [1.29, 1.82) is 0 Å². The zero-order valence-corrected chi connectivity index (χ0v) is 11.1. The minimum atomic E-state index is -1.79. The van der Waals surface area contributed by atoms with Crippen molar-refractivity contribution in [3.8, 4) is 5.75 Å². The number of hydrogen-bond donors (Lipinski definition) is 1. The van der Waals surface area contributed by atoms with Crippen molar-refractivity contribution >= 4 is 8.60 Å². The Morgan fingerprint density at radius 2 is 2.12 bits per heavy atom. The summed E-state index contributed by atoms with van der Waals surface area (Å²) in [7, 11) is -0.154. The van der Waals surface area contributed by atoms with Crippen LogP contribution in [-0.4, -0.2) is 18.6 Å². The fraction of sp³-hybridized carbons (Fsp3) is 0.500. The lowest BCUT2D eigenvalue weighted by atomic mass is 9.83. The van der Waals surface area contributed by atoms with Gasteiger partial charge >= 0.3 is 8.60 Å². The predicted molar refractivity (Wildman–Crippen MR) is 65.7 cm³/mol. The van der Waals surface area contributed by atoms with Gasteiger partial charge in [-0.15, -0.1) is 0 Å². The van der Waals surface area contributed by atoms with Gasteiger partial charge in [0.05, 0.1) is 13.7 Å². The van der Waals surface area contributed by atoms with E-state index in [4.69, 9.17) is 13.8 Å². The zero-order chi connectivity index (χ0) is 12.5. The maximum atomic E-state index is 9.52. The van der Waals surface area contributed by atoms with Crippen LogP contribution in [0.5, 0.6) is 5.75 Å². The molecule has 2 atom stereocenters. The number of hydrogen-bond acceptors (Lipinski definition) is 4. The highest BCUT2D eigenvalue weighted by molar-refractivity contribution is 7.40. The summed E-state index contributed by atoms with van der Waals surface area (Å²) in [5.74, 6) is 0.774. The highest BCUT2D eigenvalue weighted by Gasteiger charge is 2.40. The fourth-order valence-corrected chi connectivity index (χ4v) is 3.00. The Kier molecular flexibility index (Phi) is 3.69. The van der Waals surface area contributed by atoms with E-state index in [-0.39, 0.29) is 11.5 Å². The van der Waals surface area contributed by atoms with Crippen LogP contribution in [0.25, 0.3) is 0 Å². The number of benzene rings is 1. The first-order chi connectivity index (χ1) is 8.04. The molecule has 0 bridgehead atoms. The largest absolute Gasteiger partial charge is 0.496 e. The van der Waals surface area contributed by atoms with Crippen LogP contribution in [0.2, 0.25) is 0 Å². The van der Waals surface area contributed by atoms with Crippen molar-refractivity contribution < 1.29 is 18.7 Å². The Morgan fingerprint density at radius 1 is 1.41 bits per heavy atom. The fourth-order valence-electron chi connectivity index (χ4n) is 1.92. The van der Waals surface area contributed by atoms with E-state index in [2.05, 4.69) is 0 Å². The van der Waals surface area contributed by atoms with Gasteiger partial charge in [0.1, 0.15) is 11.9 Å². The van der Waals surface area contributed by atoms with Crippen molar-refractivity contribution in [2.45, 2.75) is 20.0 Å². The van der Waals surface area contributed by atoms with Crippen molar-refractivity contribution in [1.82, 2.24) is 0 Å². The van der Waals surface area contributed by atoms with Gasteiger partial charge in [0, 0.05) is 11.0 Å². The summed E-state index contributed by atoms with van der Waals surface area (Å²) in [5.41, 5.74) is 0.751.